The molecule has 9 heteroatoms. The molecule has 0 saturated carbocycles. The van der Waals surface area contributed by atoms with Crippen LogP contribution in [0.1, 0.15) is 29.9 Å². The fraction of sp³-hybridized carbons (Fsp3) is 0.692. The predicted octanol–water partition coefficient (Wildman–Crippen LogP) is 0.153. The maximum absolute atomic E-state index is 5.95. The Balaban J connectivity index is 1.40. The summed E-state index contributed by atoms with van der Waals surface area (Å²) in [5.74, 6) is 1.19. The maximum Gasteiger partial charge on any atom is 0.252 e. The van der Waals surface area contributed by atoms with Crippen LogP contribution >= 0.6 is 0 Å². The third-order valence-corrected chi connectivity index (χ3v) is 4.16. The SMILES string of the molecule is COCc1nc(CN2CC[C@H]3[C@H](C2)OCc2cnnn23)no1. The molecule has 2 aromatic heterocycles. The summed E-state index contributed by atoms with van der Waals surface area (Å²) in [5.41, 5.74) is 1.05. The first-order valence-corrected chi connectivity index (χ1v) is 7.37. The highest BCUT2D eigenvalue weighted by atomic mass is 16.5. The van der Waals surface area contributed by atoms with Gasteiger partial charge in [-0.15, -0.1) is 5.10 Å². The number of nitrogens with zero attached hydrogens (tertiary/aromatic N) is 6. The van der Waals surface area contributed by atoms with Gasteiger partial charge in [-0.3, -0.25) is 4.90 Å². The van der Waals surface area contributed by atoms with E-state index in [-0.39, 0.29) is 12.1 Å². The van der Waals surface area contributed by atoms with Crippen molar-refractivity contribution in [3.8, 4) is 0 Å². The number of piperidine rings is 1. The van der Waals surface area contributed by atoms with Crippen molar-refractivity contribution in [2.24, 2.45) is 0 Å². The highest BCUT2D eigenvalue weighted by Gasteiger charge is 2.36. The average molecular weight is 306 g/mol. The van der Waals surface area contributed by atoms with E-state index in [0.29, 0.717) is 31.5 Å². The Morgan fingerprint density at radius 1 is 1.45 bits per heavy atom. The summed E-state index contributed by atoms with van der Waals surface area (Å²) in [6, 6.07) is 0.275. The second-order valence-electron chi connectivity index (χ2n) is 5.65. The largest absolute Gasteiger partial charge is 0.375 e. The van der Waals surface area contributed by atoms with E-state index in [0.717, 1.165) is 25.2 Å². The molecule has 0 spiro atoms. The molecule has 0 unspecified atom stereocenters. The third kappa shape index (κ3) is 2.51. The minimum absolute atomic E-state index is 0.133. The van der Waals surface area contributed by atoms with Gasteiger partial charge in [0.05, 0.1) is 37.2 Å². The number of fused-ring (bicyclic) bond motifs is 3. The van der Waals surface area contributed by atoms with Crippen molar-refractivity contribution in [3.05, 3.63) is 23.6 Å². The molecule has 9 nitrogen and oxygen atoms in total. The lowest BCUT2D eigenvalue weighted by Crippen LogP contribution is -2.48. The molecule has 22 heavy (non-hydrogen) atoms. The van der Waals surface area contributed by atoms with Crippen LogP contribution in [0.2, 0.25) is 0 Å². The Hall–Kier alpha value is -1.84. The smallest absolute Gasteiger partial charge is 0.252 e. The highest BCUT2D eigenvalue weighted by Crippen LogP contribution is 2.30. The minimum Gasteiger partial charge on any atom is -0.375 e. The second-order valence-corrected chi connectivity index (χ2v) is 5.65. The Labute approximate surface area is 127 Å². The van der Waals surface area contributed by atoms with Crippen LogP contribution in [0, 0.1) is 0 Å². The van der Waals surface area contributed by atoms with E-state index in [9.17, 15) is 0 Å². The topological polar surface area (TPSA) is 91.3 Å². The van der Waals surface area contributed by atoms with Crippen molar-refractivity contribution in [1.82, 2.24) is 30.0 Å². The number of hydrogen-bond donors (Lipinski definition) is 0. The van der Waals surface area contributed by atoms with Gasteiger partial charge in [-0.05, 0) is 6.42 Å². The number of aromatic nitrogens is 5. The van der Waals surface area contributed by atoms with Crippen LogP contribution < -0.4 is 0 Å². The van der Waals surface area contributed by atoms with E-state index in [1.165, 1.54) is 0 Å². The number of methoxy groups -OCH3 is 1. The van der Waals surface area contributed by atoms with Crippen LogP contribution in [-0.4, -0.2) is 56.3 Å². The van der Waals surface area contributed by atoms with E-state index in [1.807, 2.05) is 4.68 Å². The zero-order valence-corrected chi connectivity index (χ0v) is 12.4. The van der Waals surface area contributed by atoms with Crippen molar-refractivity contribution >= 4 is 0 Å². The first-order valence-electron chi connectivity index (χ1n) is 7.37. The van der Waals surface area contributed by atoms with Gasteiger partial charge in [-0.1, -0.05) is 10.4 Å². The van der Waals surface area contributed by atoms with E-state index in [1.54, 1.807) is 13.3 Å². The fourth-order valence-electron chi connectivity index (χ4n) is 3.13. The Kier molecular flexibility index (Phi) is 3.60. The molecule has 0 aliphatic carbocycles. The molecule has 4 rings (SSSR count). The van der Waals surface area contributed by atoms with Crippen molar-refractivity contribution < 1.29 is 14.0 Å². The van der Waals surface area contributed by atoms with Crippen LogP contribution in [0.5, 0.6) is 0 Å². The Morgan fingerprint density at radius 3 is 3.32 bits per heavy atom. The zero-order chi connectivity index (χ0) is 14.9. The lowest BCUT2D eigenvalue weighted by molar-refractivity contribution is -0.0709. The van der Waals surface area contributed by atoms with Crippen LogP contribution in [0.25, 0.3) is 0 Å². The number of ether oxygens (including phenoxy) is 2. The van der Waals surface area contributed by atoms with Crippen LogP contribution in [0.15, 0.2) is 10.7 Å². The molecule has 1 fully saturated rings. The van der Waals surface area contributed by atoms with Gasteiger partial charge in [0.2, 0.25) is 0 Å². The van der Waals surface area contributed by atoms with Crippen molar-refractivity contribution in [3.63, 3.8) is 0 Å². The number of likely N-dealkylation sites (tertiary alicyclic amines) is 1. The van der Waals surface area contributed by atoms with Gasteiger partial charge in [0, 0.05) is 20.2 Å². The third-order valence-electron chi connectivity index (χ3n) is 4.16. The molecular weight excluding hydrogens is 288 g/mol. The van der Waals surface area contributed by atoms with Gasteiger partial charge in [-0.2, -0.15) is 4.98 Å². The van der Waals surface area contributed by atoms with Crippen molar-refractivity contribution in [1.29, 1.82) is 0 Å². The lowest BCUT2D eigenvalue weighted by atomic mass is 10.0. The van der Waals surface area contributed by atoms with Crippen LogP contribution in [0.4, 0.5) is 0 Å². The summed E-state index contributed by atoms with van der Waals surface area (Å²) in [6.07, 6.45) is 2.89. The molecule has 0 amide bonds. The Morgan fingerprint density at radius 2 is 2.41 bits per heavy atom. The quantitative estimate of drug-likeness (QED) is 0.788. The summed E-state index contributed by atoms with van der Waals surface area (Å²) < 4.78 is 18.1. The Bertz CT molecular complexity index is 641. The van der Waals surface area contributed by atoms with Gasteiger partial charge in [0.15, 0.2) is 5.82 Å². The molecule has 0 aromatic carbocycles. The average Bonchev–Trinajstić information content (AvgIpc) is 3.16. The molecule has 2 aliphatic rings. The molecule has 118 valence electrons. The minimum atomic E-state index is 0.133. The summed E-state index contributed by atoms with van der Waals surface area (Å²) in [7, 11) is 1.60. The molecule has 2 aliphatic heterocycles. The van der Waals surface area contributed by atoms with Crippen LogP contribution in [0.3, 0.4) is 0 Å². The molecule has 0 bridgehead atoms. The highest BCUT2D eigenvalue weighted by molar-refractivity contribution is 5.01. The lowest BCUT2D eigenvalue weighted by Gasteiger charge is -2.40. The maximum atomic E-state index is 5.95. The molecule has 0 radical (unpaired) electrons. The fourth-order valence-corrected chi connectivity index (χ4v) is 3.13. The van der Waals surface area contributed by atoms with Crippen LogP contribution in [-0.2, 0) is 29.2 Å². The van der Waals surface area contributed by atoms with E-state index < -0.39 is 0 Å². The molecule has 4 heterocycles. The van der Waals surface area contributed by atoms with Gasteiger partial charge >= 0.3 is 0 Å². The summed E-state index contributed by atoms with van der Waals surface area (Å²) in [5, 5.41) is 12.1. The molecule has 2 aromatic rings. The van der Waals surface area contributed by atoms with Gasteiger partial charge in [0.1, 0.15) is 6.61 Å². The molecule has 1 saturated heterocycles. The molecular formula is C13H18N6O3. The van der Waals surface area contributed by atoms with E-state index in [4.69, 9.17) is 14.0 Å². The summed E-state index contributed by atoms with van der Waals surface area (Å²) >= 11 is 0. The standard InChI is InChI=1S/C13H18N6O3/c1-20-8-13-15-12(16-22-13)6-18-3-2-10-11(5-18)21-7-9-4-14-17-19(9)10/h4,10-11H,2-3,5-8H2,1H3/t10-,11-/m0/s1. The number of hydrogen-bond acceptors (Lipinski definition) is 8. The molecule has 0 N–H and O–H groups in total. The molecule has 2 atom stereocenters. The van der Waals surface area contributed by atoms with E-state index >= 15 is 0 Å². The van der Waals surface area contributed by atoms with Gasteiger partial charge in [-0.25, -0.2) is 4.68 Å². The summed E-state index contributed by atoms with van der Waals surface area (Å²) in [6.45, 7) is 3.35. The van der Waals surface area contributed by atoms with Gasteiger partial charge < -0.3 is 14.0 Å². The first kappa shape index (κ1) is 13.8. The summed E-state index contributed by atoms with van der Waals surface area (Å²) in [4.78, 5) is 6.60. The van der Waals surface area contributed by atoms with Gasteiger partial charge in [0.25, 0.3) is 5.89 Å². The second kappa shape index (κ2) is 5.75. The van der Waals surface area contributed by atoms with Crippen molar-refractivity contribution in [2.75, 3.05) is 20.2 Å². The monoisotopic (exact) mass is 306 g/mol. The number of rotatable bonds is 4. The van der Waals surface area contributed by atoms with Crippen molar-refractivity contribution in [2.45, 2.75) is 38.3 Å². The first-order chi connectivity index (χ1) is 10.8. The normalized spacial score (nSPS) is 25.0. The van der Waals surface area contributed by atoms with E-state index in [2.05, 4.69) is 25.4 Å². The predicted molar refractivity (Wildman–Crippen MR) is 72.5 cm³/mol. The zero-order valence-electron chi connectivity index (χ0n) is 12.4.